The van der Waals surface area contributed by atoms with E-state index in [1.54, 1.807) is 18.9 Å². The third-order valence-corrected chi connectivity index (χ3v) is 8.23. The fourth-order valence-corrected chi connectivity index (χ4v) is 5.93. The van der Waals surface area contributed by atoms with E-state index in [1.807, 2.05) is 19.1 Å². The number of benzene rings is 3. The van der Waals surface area contributed by atoms with Gasteiger partial charge >= 0.3 is 0 Å². The largest absolute Gasteiger partial charge is 0.497 e. The first kappa shape index (κ1) is 25.2. The lowest BCUT2D eigenvalue weighted by molar-refractivity contribution is -0.118. The number of nitrogens with zero attached hydrogens (tertiary/aromatic N) is 1. The highest BCUT2D eigenvalue weighted by atomic mass is 32.2. The molecule has 1 amide bonds. The van der Waals surface area contributed by atoms with Crippen molar-refractivity contribution >= 4 is 29.1 Å². The van der Waals surface area contributed by atoms with Gasteiger partial charge in [0.05, 0.1) is 24.6 Å². The van der Waals surface area contributed by atoms with E-state index in [2.05, 4.69) is 89.5 Å². The molecule has 1 aliphatic heterocycles. The van der Waals surface area contributed by atoms with Crippen LogP contribution in [0.4, 0.5) is 5.69 Å². The molecule has 1 heterocycles. The van der Waals surface area contributed by atoms with Gasteiger partial charge in [-0.05, 0) is 72.7 Å². The van der Waals surface area contributed by atoms with Crippen molar-refractivity contribution in [3.8, 4) is 5.75 Å². The molecule has 2 aliphatic rings. The molecule has 3 aromatic carbocycles. The molecule has 0 saturated heterocycles. The van der Waals surface area contributed by atoms with Gasteiger partial charge in [-0.1, -0.05) is 60.2 Å². The van der Waals surface area contributed by atoms with E-state index in [0.717, 1.165) is 34.9 Å². The maximum atomic E-state index is 12.4. The van der Waals surface area contributed by atoms with Gasteiger partial charge in [0.1, 0.15) is 5.75 Å². The number of hydrazone groups is 1. The van der Waals surface area contributed by atoms with Crippen LogP contribution < -0.4 is 15.5 Å². The average molecular weight is 512 g/mol. The molecule has 0 saturated carbocycles. The number of rotatable bonds is 8. The number of hydrogen-bond acceptors (Lipinski definition) is 5. The summed E-state index contributed by atoms with van der Waals surface area (Å²) in [5.41, 5.74) is 10.7. The van der Waals surface area contributed by atoms with E-state index in [0.29, 0.717) is 17.6 Å². The maximum Gasteiger partial charge on any atom is 0.250 e. The van der Waals surface area contributed by atoms with E-state index in [9.17, 15) is 4.79 Å². The van der Waals surface area contributed by atoms with Gasteiger partial charge in [-0.15, -0.1) is 11.8 Å². The molecule has 5 nitrogen and oxygen atoms in total. The number of nitrogens with one attached hydrogen (secondary N) is 2. The van der Waals surface area contributed by atoms with Crippen molar-refractivity contribution in [2.75, 3.05) is 18.2 Å². The summed E-state index contributed by atoms with van der Waals surface area (Å²) < 4.78 is 5.34. The lowest BCUT2D eigenvalue weighted by atomic mass is 9.76. The smallest absolute Gasteiger partial charge is 0.250 e. The molecule has 0 unspecified atom stereocenters. The van der Waals surface area contributed by atoms with Crippen LogP contribution in [0.15, 0.2) is 84.0 Å². The number of allylic oxidation sites excluding steroid dienone is 2. The summed E-state index contributed by atoms with van der Waals surface area (Å²) in [5, 5.41) is 8.18. The summed E-state index contributed by atoms with van der Waals surface area (Å²) in [6.07, 6.45) is 5.68. The summed E-state index contributed by atoms with van der Waals surface area (Å²) in [6.45, 7) is 4.02. The van der Waals surface area contributed by atoms with Gasteiger partial charge in [-0.25, -0.2) is 5.43 Å². The first-order valence-corrected chi connectivity index (χ1v) is 13.8. The van der Waals surface area contributed by atoms with E-state index < -0.39 is 0 Å². The molecule has 6 heteroatoms. The van der Waals surface area contributed by atoms with Crippen LogP contribution >= 0.6 is 11.8 Å². The number of aryl methyl sites for hydroxylation is 1. The molecule has 0 spiro atoms. The third-order valence-electron chi connectivity index (χ3n) is 7.23. The predicted molar refractivity (Wildman–Crippen MR) is 153 cm³/mol. The number of carbonyl (C=O) groups excluding carboxylic acids is 1. The molecule has 2 N–H and O–H groups in total. The van der Waals surface area contributed by atoms with Crippen LogP contribution in [0.1, 0.15) is 53.1 Å². The number of fused-ring (bicyclic) bond motifs is 3. The monoisotopic (exact) mass is 511 g/mol. The fraction of sp³-hybridized carbons (Fsp3) is 0.290. The zero-order valence-corrected chi connectivity index (χ0v) is 22.3. The highest BCUT2D eigenvalue weighted by Crippen LogP contribution is 2.50. The quantitative estimate of drug-likeness (QED) is 0.203. The number of anilines is 1. The van der Waals surface area contributed by atoms with Crippen molar-refractivity contribution in [3.05, 3.63) is 107 Å². The lowest BCUT2D eigenvalue weighted by Crippen LogP contribution is -2.29. The minimum atomic E-state index is -0.0859. The molecule has 3 atom stereocenters. The second-order valence-corrected chi connectivity index (χ2v) is 10.7. The van der Waals surface area contributed by atoms with Crippen LogP contribution in [0.2, 0.25) is 0 Å². The van der Waals surface area contributed by atoms with Crippen LogP contribution in [-0.4, -0.2) is 24.5 Å². The van der Waals surface area contributed by atoms with Crippen molar-refractivity contribution < 1.29 is 9.53 Å². The molecule has 37 heavy (non-hydrogen) atoms. The lowest BCUT2D eigenvalue weighted by Gasteiger charge is -2.37. The Kier molecular flexibility index (Phi) is 7.65. The molecular formula is C31H33N3O2S. The Hall–Kier alpha value is -3.51. The van der Waals surface area contributed by atoms with Crippen LogP contribution in [0, 0.1) is 12.8 Å². The van der Waals surface area contributed by atoms with E-state index in [1.165, 1.54) is 22.3 Å². The molecule has 0 fully saturated rings. The summed E-state index contributed by atoms with van der Waals surface area (Å²) in [4.78, 5) is 12.4. The van der Waals surface area contributed by atoms with Crippen molar-refractivity contribution in [1.29, 1.82) is 0 Å². The van der Waals surface area contributed by atoms with Crippen molar-refractivity contribution in [3.63, 3.8) is 0 Å². The number of methoxy groups -OCH3 is 1. The topological polar surface area (TPSA) is 62.7 Å². The Morgan fingerprint density at radius 3 is 2.65 bits per heavy atom. The number of ether oxygens (including phenoxy) is 1. The Bertz CT molecular complexity index is 1320. The number of thioether (sulfide) groups is 1. The highest BCUT2D eigenvalue weighted by molar-refractivity contribution is 7.99. The second kappa shape index (κ2) is 11.3. The Balaban J connectivity index is 1.23. The average Bonchev–Trinajstić information content (AvgIpc) is 3.43. The Labute approximate surface area is 223 Å². The molecule has 190 valence electrons. The molecule has 0 aromatic heterocycles. The van der Waals surface area contributed by atoms with Gasteiger partial charge in [-0.2, -0.15) is 5.10 Å². The van der Waals surface area contributed by atoms with Gasteiger partial charge in [-0.3, -0.25) is 4.79 Å². The van der Waals surface area contributed by atoms with E-state index in [-0.39, 0.29) is 11.9 Å². The maximum absolute atomic E-state index is 12.4. The van der Waals surface area contributed by atoms with Gasteiger partial charge in [0.25, 0.3) is 0 Å². The van der Waals surface area contributed by atoms with Crippen molar-refractivity contribution in [1.82, 2.24) is 5.43 Å². The third kappa shape index (κ3) is 5.75. The van der Waals surface area contributed by atoms with Crippen LogP contribution in [0.25, 0.3) is 0 Å². The molecular weight excluding hydrogens is 478 g/mol. The molecule has 1 aliphatic carbocycles. The van der Waals surface area contributed by atoms with Crippen LogP contribution in [0.5, 0.6) is 5.75 Å². The minimum absolute atomic E-state index is 0.0859. The number of carbonyl (C=O) groups is 1. The zero-order chi connectivity index (χ0) is 25.8. The minimum Gasteiger partial charge on any atom is -0.497 e. The van der Waals surface area contributed by atoms with E-state index >= 15 is 0 Å². The predicted octanol–water partition coefficient (Wildman–Crippen LogP) is 6.60. The number of amides is 1. The molecule has 0 bridgehead atoms. The van der Waals surface area contributed by atoms with Gasteiger partial charge < -0.3 is 10.1 Å². The standard InChI is InChI=1S/C31H33N3O2S/c1-20-7-9-22(10-8-20)18-37-19-30(35)34-33-21(2)24-13-16-29-28(17-24)26-5-4-6-27(26)31(32-29)23-11-14-25(36-3)15-12-23/h4-5,7-17,26-27,31-32H,6,18-19H2,1-3H3,(H,34,35)/b33-21-/t26-,27+,31+/m1/s1. The summed E-state index contributed by atoms with van der Waals surface area (Å²) in [5.74, 6) is 2.78. The molecule has 5 rings (SSSR count). The SMILES string of the molecule is COc1ccc([C@@H]2Nc3ccc(/C(C)=N\NC(=O)CSCc4ccc(C)cc4)cc3[C@@H]3C=CC[C@@H]32)cc1. The highest BCUT2D eigenvalue weighted by Gasteiger charge is 2.38. The second-order valence-electron chi connectivity index (χ2n) is 9.76. The Morgan fingerprint density at radius 1 is 1.11 bits per heavy atom. The first-order chi connectivity index (χ1) is 18.0. The van der Waals surface area contributed by atoms with Crippen LogP contribution in [-0.2, 0) is 10.5 Å². The summed E-state index contributed by atoms with van der Waals surface area (Å²) >= 11 is 1.59. The van der Waals surface area contributed by atoms with Crippen molar-refractivity contribution in [2.24, 2.45) is 11.0 Å². The van der Waals surface area contributed by atoms with E-state index in [4.69, 9.17) is 4.74 Å². The molecule has 3 aromatic rings. The first-order valence-electron chi connectivity index (χ1n) is 12.7. The fourth-order valence-electron chi connectivity index (χ4n) is 5.15. The zero-order valence-electron chi connectivity index (χ0n) is 21.5. The summed E-state index contributed by atoms with van der Waals surface area (Å²) in [6, 6.07) is 23.5. The molecule has 0 radical (unpaired) electrons. The Morgan fingerprint density at radius 2 is 1.89 bits per heavy atom. The van der Waals surface area contributed by atoms with Crippen molar-refractivity contribution in [2.45, 2.75) is 38.0 Å². The number of hydrogen-bond donors (Lipinski definition) is 2. The van der Waals surface area contributed by atoms with Gasteiger partial charge in [0.2, 0.25) is 5.91 Å². The normalized spacial score (nSPS) is 20.1. The van der Waals surface area contributed by atoms with Gasteiger partial charge in [0.15, 0.2) is 0 Å². The van der Waals surface area contributed by atoms with Gasteiger partial charge in [0, 0.05) is 17.4 Å². The van der Waals surface area contributed by atoms with Crippen LogP contribution in [0.3, 0.4) is 0 Å². The summed E-state index contributed by atoms with van der Waals surface area (Å²) in [7, 11) is 1.70.